The molecule has 0 saturated heterocycles. The highest BCUT2D eigenvalue weighted by atomic mass is 35.5. The number of nitrogens with one attached hydrogen (secondary N) is 1. The van der Waals surface area contributed by atoms with Crippen LogP contribution in [0.25, 0.3) is 11.3 Å². The summed E-state index contributed by atoms with van der Waals surface area (Å²) in [6.45, 7) is 7.16. The lowest BCUT2D eigenvalue weighted by Crippen LogP contribution is -2.30. The fourth-order valence-electron chi connectivity index (χ4n) is 4.27. The van der Waals surface area contributed by atoms with Gasteiger partial charge in [-0.3, -0.25) is 9.89 Å². The Balaban J connectivity index is 1.83. The van der Waals surface area contributed by atoms with E-state index in [1.54, 1.807) is 18.2 Å². The summed E-state index contributed by atoms with van der Waals surface area (Å²) in [5, 5.41) is 18.3. The zero-order valence-electron chi connectivity index (χ0n) is 18.2. The van der Waals surface area contributed by atoms with E-state index in [9.17, 15) is 9.90 Å². The van der Waals surface area contributed by atoms with Gasteiger partial charge in [0.2, 0.25) is 0 Å². The second-order valence-electron chi connectivity index (χ2n) is 8.45. The summed E-state index contributed by atoms with van der Waals surface area (Å²) in [7, 11) is 0. The summed E-state index contributed by atoms with van der Waals surface area (Å²) in [6, 6.07) is 13.1. The third-order valence-corrected chi connectivity index (χ3v) is 6.23. The molecule has 0 aliphatic carbocycles. The molecule has 2 N–H and O–H groups in total. The van der Waals surface area contributed by atoms with E-state index in [4.69, 9.17) is 11.6 Å². The topological polar surface area (TPSA) is 69.2 Å². The van der Waals surface area contributed by atoms with Crippen LogP contribution in [0.15, 0.2) is 42.5 Å². The van der Waals surface area contributed by atoms with Crippen LogP contribution in [-0.4, -0.2) is 32.7 Å². The maximum absolute atomic E-state index is 13.3. The minimum absolute atomic E-state index is 0.0516. The van der Waals surface area contributed by atoms with Gasteiger partial charge in [0.15, 0.2) is 0 Å². The predicted molar refractivity (Wildman–Crippen MR) is 124 cm³/mol. The van der Waals surface area contributed by atoms with Gasteiger partial charge in [-0.1, -0.05) is 69.5 Å². The molecule has 2 heterocycles. The number of hydrogen-bond acceptors (Lipinski definition) is 3. The van der Waals surface area contributed by atoms with E-state index in [1.807, 2.05) is 4.90 Å². The van der Waals surface area contributed by atoms with E-state index in [0.717, 1.165) is 30.4 Å². The molecular formula is C25H28ClN3O2. The first-order chi connectivity index (χ1) is 14.9. The van der Waals surface area contributed by atoms with Crippen LogP contribution in [0.2, 0.25) is 5.02 Å². The molecule has 0 bridgehead atoms. The Morgan fingerprint density at radius 2 is 1.90 bits per heavy atom. The number of amides is 1. The molecule has 1 aliphatic heterocycles. The molecule has 0 radical (unpaired) electrons. The molecular weight excluding hydrogens is 410 g/mol. The lowest BCUT2D eigenvalue weighted by atomic mass is 9.93. The molecule has 5 nitrogen and oxygen atoms in total. The maximum atomic E-state index is 13.3. The number of unbranched alkanes of at least 4 members (excludes halogenated alkanes) is 2. The minimum atomic E-state index is -0.257. The molecule has 162 valence electrons. The standard InChI is InChI=1S/C25H28ClN3O2/c1-4-5-6-13-29-24(17-9-7-16(8-10-17)15(2)3)21-22(27-28-23(21)25(29)31)19-14-18(26)11-12-20(19)30/h7-12,14-15,24,30H,4-6,13H2,1-3H3,(H,27,28). The first-order valence-corrected chi connectivity index (χ1v) is 11.3. The van der Waals surface area contributed by atoms with Gasteiger partial charge in [0.25, 0.3) is 5.91 Å². The maximum Gasteiger partial charge on any atom is 0.273 e. The van der Waals surface area contributed by atoms with E-state index in [2.05, 4.69) is 55.2 Å². The van der Waals surface area contributed by atoms with Crippen LogP contribution >= 0.6 is 11.6 Å². The number of carbonyl (C=O) groups is 1. The van der Waals surface area contributed by atoms with Crippen LogP contribution in [0.3, 0.4) is 0 Å². The van der Waals surface area contributed by atoms with Crippen molar-refractivity contribution < 1.29 is 9.90 Å². The van der Waals surface area contributed by atoms with E-state index >= 15 is 0 Å². The lowest BCUT2D eigenvalue weighted by Gasteiger charge is -2.27. The van der Waals surface area contributed by atoms with Gasteiger partial charge in [0.05, 0.1) is 6.04 Å². The molecule has 1 aliphatic rings. The number of halogens is 1. The number of fused-ring (bicyclic) bond motifs is 1. The van der Waals surface area contributed by atoms with Gasteiger partial charge in [-0.15, -0.1) is 0 Å². The van der Waals surface area contributed by atoms with E-state index in [1.165, 1.54) is 5.56 Å². The van der Waals surface area contributed by atoms with Crippen LogP contribution in [0.5, 0.6) is 5.75 Å². The Labute approximate surface area is 188 Å². The Hall–Kier alpha value is -2.79. The number of nitrogens with zero attached hydrogens (tertiary/aromatic N) is 2. The third-order valence-electron chi connectivity index (χ3n) is 6.00. The number of aromatic nitrogens is 2. The van der Waals surface area contributed by atoms with Gasteiger partial charge < -0.3 is 10.0 Å². The summed E-state index contributed by atoms with van der Waals surface area (Å²) in [5.74, 6) is 0.470. The predicted octanol–water partition coefficient (Wildman–Crippen LogP) is 6.29. The van der Waals surface area contributed by atoms with Crippen LogP contribution in [0.1, 0.15) is 79.2 Å². The smallest absolute Gasteiger partial charge is 0.273 e. The van der Waals surface area contributed by atoms with Gasteiger partial charge in [-0.25, -0.2) is 0 Å². The largest absolute Gasteiger partial charge is 0.507 e. The average molecular weight is 438 g/mol. The summed E-state index contributed by atoms with van der Waals surface area (Å²) in [6.07, 6.45) is 3.10. The summed E-state index contributed by atoms with van der Waals surface area (Å²) < 4.78 is 0. The number of carbonyl (C=O) groups excluding carboxylic acids is 1. The minimum Gasteiger partial charge on any atom is -0.507 e. The van der Waals surface area contributed by atoms with Gasteiger partial charge in [-0.2, -0.15) is 5.10 Å². The highest BCUT2D eigenvalue weighted by molar-refractivity contribution is 6.31. The number of aromatic amines is 1. The molecule has 1 unspecified atom stereocenters. The van der Waals surface area contributed by atoms with E-state index in [-0.39, 0.29) is 17.7 Å². The molecule has 6 heteroatoms. The summed E-state index contributed by atoms with van der Waals surface area (Å²) in [5.41, 5.74) is 4.68. The number of phenolic OH excluding ortho intramolecular Hbond substituents is 1. The fraction of sp³-hybridized carbons (Fsp3) is 0.360. The quantitative estimate of drug-likeness (QED) is 0.426. The SMILES string of the molecule is CCCCCN1C(=O)c2[nH]nc(-c3cc(Cl)ccc3O)c2C1c1ccc(C(C)C)cc1. The van der Waals surface area contributed by atoms with Crippen molar-refractivity contribution in [2.75, 3.05) is 6.54 Å². The Kier molecular flexibility index (Phi) is 6.05. The van der Waals surface area contributed by atoms with Crippen molar-refractivity contribution in [2.45, 2.75) is 52.0 Å². The highest BCUT2D eigenvalue weighted by Crippen LogP contribution is 2.45. The highest BCUT2D eigenvalue weighted by Gasteiger charge is 2.42. The second kappa shape index (κ2) is 8.75. The number of phenols is 1. The van der Waals surface area contributed by atoms with Crippen LogP contribution in [-0.2, 0) is 0 Å². The Morgan fingerprint density at radius 1 is 1.16 bits per heavy atom. The first-order valence-electron chi connectivity index (χ1n) is 10.9. The molecule has 1 aromatic heterocycles. The fourth-order valence-corrected chi connectivity index (χ4v) is 4.44. The van der Waals surface area contributed by atoms with Gasteiger partial charge in [0.1, 0.15) is 17.1 Å². The molecule has 0 spiro atoms. The van der Waals surface area contributed by atoms with Crippen molar-refractivity contribution >= 4 is 17.5 Å². The Morgan fingerprint density at radius 3 is 2.58 bits per heavy atom. The monoisotopic (exact) mass is 437 g/mol. The van der Waals surface area contributed by atoms with E-state index in [0.29, 0.717) is 34.4 Å². The van der Waals surface area contributed by atoms with Crippen LogP contribution in [0, 0.1) is 0 Å². The van der Waals surface area contributed by atoms with Crippen molar-refractivity contribution in [3.63, 3.8) is 0 Å². The number of benzene rings is 2. The molecule has 1 atom stereocenters. The number of hydrogen-bond donors (Lipinski definition) is 2. The zero-order valence-corrected chi connectivity index (χ0v) is 18.9. The number of rotatable bonds is 7. The zero-order chi connectivity index (χ0) is 22.1. The van der Waals surface area contributed by atoms with Crippen molar-refractivity contribution in [3.8, 4) is 17.0 Å². The molecule has 1 amide bonds. The van der Waals surface area contributed by atoms with Crippen molar-refractivity contribution in [1.29, 1.82) is 0 Å². The molecule has 4 rings (SSSR count). The number of H-pyrrole nitrogens is 1. The summed E-state index contributed by atoms with van der Waals surface area (Å²) >= 11 is 6.20. The van der Waals surface area contributed by atoms with Crippen molar-refractivity contribution in [2.24, 2.45) is 0 Å². The lowest BCUT2D eigenvalue weighted by molar-refractivity contribution is 0.0740. The second-order valence-corrected chi connectivity index (χ2v) is 8.89. The van der Waals surface area contributed by atoms with Crippen molar-refractivity contribution in [3.05, 3.63) is 69.9 Å². The van der Waals surface area contributed by atoms with E-state index < -0.39 is 0 Å². The van der Waals surface area contributed by atoms with Gasteiger partial charge in [-0.05, 0) is 41.7 Å². The molecule has 31 heavy (non-hydrogen) atoms. The molecule has 0 saturated carbocycles. The van der Waals surface area contributed by atoms with Crippen molar-refractivity contribution in [1.82, 2.24) is 15.1 Å². The molecule has 0 fully saturated rings. The third kappa shape index (κ3) is 3.94. The Bertz CT molecular complexity index is 1090. The van der Waals surface area contributed by atoms with Gasteiger partial charge in [0, 0.05) is 22.7 Å². The van der Waals surface area contributed by atoms with Crippen LogP contribution < -0.4 is 0 Å². The van der Waals surface area contributed by atoms with Crippen LogP contribution in [0.4, 0.5) is 0 Å². The number of aromatic hydroxyl groups is 1. The average Bonchev–Trinajstić information content (AvgIpc) is 3.29. The summed E-state index contributed by atoms with van der Waals surface area (Å²) in [4.78, 5) is 15.2. The normalized spacial score (nSPS) is 15.7. The first kappa shape index (κ1) is 21.4. The molecule has 3 aromatic rings. The molecule has 2 aromatic carbocycles. The van der Waals surface area contributed by atoms with Gasteiger partial charge >= 0.3 is 0 Å².